The molecule has 0 radical (unpaired) electrons. The molecule has 0 aliphatic carbocycles. The first-order valence-electron chi connectivity index (χ1n) is 10.4. The van der Waals surface area contributed by atoms with Crippen LogP contribution in [-0.2, 0) is 14.8 Å². The van der Waals surface area contributed by atoms with Gasteiger partial charge in [-0.15, -0.1) is 0 Å². The van der Waals surface area contributed by atoms with E-state index in [0.717, 1.165) is 30.8 Å². The van der Waals surface area contributed by atoms with E-state index in [1.54, 1.807) is 0 Å². The summed E-state index contributed by atoms with van der Waals surface area (Å²) in [6.07, 6.45) is 3.90. The van der Waals surface area contributed by atoms with Crippen molar-refractivity contribution in [2.75, 3.05) is 25.4 Å². The lowest BCUT2D eigenvalue weighted by Crippen LogP contribution is -2.44. The molecule has 1 unspecified atom stereocenters. The summed E-state index contributed by atoms with van der Waals surface area (Å²) in [5.41, 5.74) is 1.03. The predicted octanol–water partition coefficient (Wildman–Crippen LogP) is 3.49. The highest BCUT2D eigenvalue weighted by molar-refractivity contribution is 7.89. The van der Waals surface area contributed by atoms with E-state index in [1.165, 1.54) is 4.31 Å². The monoisotopic (exact) mass is 410 g/mol. The summed E-state index contributed by atoms with van der Waals surface area (Å²) in [4.78, 5) is 12.6. The fraction of sp³-hybridized carbons (Fsp3) is 0.667. The van der Waals surface area contributed by atoms with Crippen LogP contribution in [0, 0.1) is 5.92 Å². The SMILES string of the molecule is CCCCOc1ccc(C(C)NC(=O)C2CCN(S(=O)(=O)CCC)CC2)cc1. The lowest BCUT2D eigenvalue weighted by atomic mass is 9.96. The zero-order valence-corrected chi connectivity index (χ0v) is 18.1. The molecule has 0 saturated carbocycles. The Balaban J connectivity index is 1.83. The fourth-order valence-corrected chi connectivity index (χ4v) is 4.93. The van der Waals surface area contributed by atoms with Crippen molar-refractivity contribution in [1.29, 1.82) is 0 Å². The Kier molecular flexibility index (Phi) is 8.76. The van der Waals surface area contributed by atoms with Crippen molar-refractivity contribution >= 4 is 15.9 Å². The summed E-state index contributed by atoms with van der Waals surface area (Å²) >= 11 is 0. The number of piperidine rings is 1. The van der Waals surface area contributed by atoms with Crippen molar-refractivity contribution in [3.63, 3.8) is 0 Å². The molecule has 28 heavy (non-hydrogen) atoms. The highest BCUT2D eigenvalue weighted by Gasteiger charge is 2.31. The van der Waals surface area contributed by atoms with Crippen molar-refractivity contribution in [2.45, 2.75) is 58.9 Å². The lowest BCUT2D eigenvalue weighted by Gasteiger charge is -2.31. The van der Waals surface area contributed by atoms with Gasteiger partial charge in [0.25, 0.3) is 0 Å². The molecule has 1 atom stereocenters. The molecule has 1 aromatic rings. The molecule has 1 N–H and O–H groups in total. The Bertz CT molecular complexity index is 710. The standard InChI is InChI=1S/C21H34N2O4S/c1-4-6-15-27-20-9-7-18(8-10-20)17(3)22-21(24)19-11-13-23(14-12-19)28(25,26)16-5-2/h7-10,17,19H,4-6,11-16H2,1-3H3,(H,22,24). The lowest BCUT2D eigenvalue weighted by molar-refractivity contribution is -0.126. The molecule has 2 rings (SSSR count). The van der Waals surface area contributed by atoms with Gasteiger partial charge in [0.1, 0.15) is 5.75 Å². The number of ether oxygens (including phenoxy) is 1. The number of amides is 1. The van der Waals surface area contributed by atoms with Crippen LogP contribution in [0.2, 0.25) is 0 Å². The number of nitrogens with one attached hydrogen (secondary N) is 1. The van der Waals surface area contributed by atoms with E-state index in [4.69, 9.17) is 4.74 Å². The highest BCUT2D eigenvalue weighted by Crippen LogP contribution is 2.23. The maximum atomic E-state index is 12.6. The van der Waals surface area contributed by atoms with Crippen LogP contribution >= 0.6 is 0 Å². The van der Waals surface area contributed by atoms with Gasteiger partial charge in [-0.3, -0.25) is 4.79 Å². The van der Waals surface area contributed by atoms with E-state index in [-0.39, 0.29) is 23.6 Å². The summed E-state index contributed by atoms with van der Waals surface area (Å²) in [6.45, 7) is 7.53. The Morgan fingerprint density at radius 1 is 1.18 bits per heavy atom. The number of hydrogen-bond acceptors (Lipinski definition) is 4. The molecular weight excluding hydrogens is 376 g/mol. The minimum atomic E-state index is -3.17. The Hall–Kier alpha value is -1.60. The molecule has 7 heteroatoms. The molecule has 1 aromatic carbocycles. The van der Waals surface area contributed by atoms with Crippen LogP contribution < -0.4 is 10.1 Å². The second-order valence-corrected chi connectivity index (χ2v) is 9.58. The molecule has 0 bridgehead atoms. The quantitative estimate of drug-likeness (QED) is 0.599. The Morgan fingerprint density at radius 3 is 2.39 bits per heavy atom. The topological polar surface area (TPSA) is 75.7 Å². The van der Waals surface area contributed by atoms with Gasteiger partial charge in [0, 0.05) is 19.0 Å². The molecule has 0 spiro atoms. The van der Waals surface area contributed by atoms with Crippen LogP contribution in [0.3, 0.4) is 0 Å². The average Bonchev–Trinajstić information content (AvgIpc) is 2.68. The predicted molar refractivity (Wildman–Crippen MR) is 112 cm³/mol. The Morgan fingerprint density at radius 2 is 1.82 bits per heavy atom. The molecule has 158 valence electrons. The van der Waals surface area contributed by atoms with Crippen LogP contribution in [0.5, 0.6) is 5.75 Å². The van der Waals surface area contributed by atoms with Gasteiger partial charge in [0.05, 0.1) is 18.4 Å². The summed E-state index contributed by atoms with van der Waals surface area (Å²) in [7, 11) is -3.17. The number of carbonyl (C=O) groups is 1. The first-order chi connectivity index (χ1) is 13.4. The summed E-state index contributed by atoms with van der Waals surface area (Å²) in [5.74, 6) is 0.894. The molecule has 1 amide bonds. The van der Waals surface area contributed by atoms with Crippen molar-refractivity contribution < 1.29 is 17.9 Å². The van der Waals surface area contributed by atoms with E-state index in [9.17, 15) is 13.2 Å². The highest BCUT2D eigenvalue weighted by atomic mass is 32.2. The zero-order valence-electron chi connectivity index (χ0n) is 17.3. The normalized spacial score (nSPS) is 17.2. The van der Waals surface area contributed by atoms with Gasteiger partial charge in [-0.25, -0.2) is 12.7 Å². The van der Waals surface area contributed by atoms with Crippen molar-refractivity contribution in [3.05, 3.63) is 29.8 Å². The van der Waals surface area contributed by atoms with Crippen molar-refractivity contribution in [1.82, 2.24) is 9.62 Å². The number of carbonyl (C=O) groups excluding carboxylic acids is 1. The molecule has 1 fully saturated rings. The van der Waals surface area contributed by atoms with Gasteiger partial charge in [-0.1, -0.05) is 32.4 Å². The number of hydrogen-bond donors (Lipinski definition) is 1. The third kappa shape index (κ3) is 6.48. The molecule has 0 aromatic heterocycles. The van der Waals surface area contributed by atoms with Crippen LogP contribution in [0.25, 0.3) is 0 Å². The van der Waals surface area contributed by atoms with Gasteiger partial charge in [-0.05, 0) is 50.3 Å². The van der Waals surface area contributed by atoms with E-state index in [0.29, 0.717) is 32.4 Å². The maximum absolute atomic E-state index is 12.6. The van der Waals surface area contributed by atoms with Gasteiger partial charge in [-0.2, -0.15) is 0 Å². The minimum absolute atomic E-state index is 0.00307. The summed E-state index contributed by atoms with van der Waals surface area (Å²) in [5, 5.41) is 3.07. The molecular formula is C21H34N2O4S. The number of sulfonamides is 1. The largest absolute Gasteiger partial charge is 0.494 e. The molecule has 1 saturated heterocycles. The van der Waals surface area contributed by atoms with E-state index < -0.39 is 10.0 Å². The van der Waals surface area contributed by atoms with E-state index in [1.807, 2.05) is 38.1 Å². The van der Waals surface area contributed by atoms with E-state index >= 15 is 0 Å². The van der Waals surface area contributed by atoms with Gasteiger partial charge in [0.2, 0.25) is 15.9 Å². The van der Waals surface area contributed by atoms with Crippen LogP contribution in [0.1, 0.15) is 64.5 Å². The minimum Gasteiger partial charge on any atom is -0.494 e. The fourth-order valence-electron chi connectivity index (χ4n) is 3.38. The van der Waals surface area contributed by atoms with Crippen LogP contribution in [0.15, 0.2) is 24.3 Å². The Labute approximate surface area is 169 Å². The third-order valence-electron chi connectivity index (χ3n) is 5.19. The summed E-state index contributed by atoms with van der Waals surface area (Å²) < 4.78 is 31.5. The molecule has 1 aliphatic heterocycles. The molecule has 1 aliphatic rings. The molecule has 1 heterocycles. The maximum Gasteiger partial charge on any atom is 0.223 e. The number of unbranched alkanes of at least 4 members (excludes halogenated alkanes) is 1. The van der Waals surface area contributed by atoms with Crippen LogP contribution in [-0.4, -0.2) is 44.1 Å². The van der Waals surface area contributed by atoms with Crippen molar-refractivity contribution in [2.24, 2.45) is 5.92 Å². The first kappa shape index (κ1) is 22.7. The molecule has 6 nitrogen and oxygen atoms in total. The van der Waals surface area contributed by atoms with Gasteiger partial charge in [0.15, 0.2) is 0 Å². The second kappa shape index (κ2) is 10.8. The number of nitrogens with zero attached hydrogens (tertiary/aromatic N) is 1. The van der Waals surface area contributed by atoms with Crippen molar-refractivity contribution in [3.8, 4) is 5.75 Å². The number of rotatable bonds is 10. The second-order valence-electron chi connectivity index (χ2n) is 7.49. The van der Waals surface area contributed by atoms with Crippen LogP contribution in [0.4, 0.5) is 0 Å². The smallest absolute Gasteiger partial charge is 0.223 e. The van der Waals surface area contributed by atoms with Gasteiger partial charge < -0.3 is 10.1 Å². The number of benzene rings is 1. The average molecular weight is 411 g/mol. The summed E-state index contributed by atoms with van der Waals surface area (Å²) in [6, 6.07) is 7.73. The third-order valence-corrected chi connectivity index (χ3v) is 7.26. The van der Waals surface area contributed by atoms with E-state index in [2.05, 4.69) is 12.2 Å². The first-order valence-corrected chi connectivity index (χ1v) is 12.0. The van der Waals surface area contributed by atoms with Gasteiger partial charge >= 0.3 is 0 Å². The zero-order chi connectivity index (χ0) is 20.6.